The summed E-state index contributed by atoms with van der Waals surface area (Å²) in [5.41, 5.74) is 2.19. The Morgan fingerprint density at radius 1 is 0.714 bits per heavy atom. The molecule has 0 aliphatic rings. The van der Waals surface area contributed by atoms with Crippen LogP contribution in [0.5, 0.6) is 17.2 Å². The molecule has 178 valence electrons. The van der Waals surface area contributed by atoms with Gasteiger partial charge in [0.05, 0.1) is 24.0 Å². The zero-order valence-corrected chi connectivity index (χ0v) is 20.2. The van der Waals surface area contributed by atoms with E-state index in [1.165, 1.54) is 19.2 Å². The third-order valence-corrected chi connectivity index (χ3v) is 7.06. The van der Waals surface area contributed by atoms with E-state index < -0.39 is 9.84 Å². The SMILES string of the molecule is COc1ccc(S(=O)(=O)c2ccccc2)cc1N=Cc1ccc(OC)c(OCc2ccccc2)c1. The molecule has 0 aliphatic carbocycles. The lowest BCUT2D eigenvalue weighted by atomic mass is 10.2. The molecule has 4 aromatic rings. The first-order chi connectivity index (χ1) is 17.0. The lowest BCUT2D eigenvalue weighted by molar-refractivity contribution is 0.284. The van der Waals surface area contributed by atoms with Crippen LogP contribution >= 0.6 is 0 Å². The van der Waals surface area contributed by atoms with Gasteiger partial charge in [-0.3, -0.25) is 4.99 Å². The summed E-state index contributed by atoms with van der Waals surface area (Å²) in [4.78, 5) is 4.87. The number of benzene rings is 4. The predicted molar refractivity (Wildman–Crippen MR) is 136 cm³/mol. The molecule has 0 unspecified atom stereocenters. The Balaban J connectivity index is 1.62. The Hall–Kier alpha value is -4.10. The quantitative estimate of drug-likeness (QED) is 0.276. The number of hydrogen-bond acceptors (Lipinski definition) is 6. The second kappa shape index (κ2) is 10.9. The minimum atomic E-state index is -3.68. The maximum absolute atomic E-state index is 13.0. The molecule has 4 aromatic carbocycles. The molecule has 0 N–H and O–H groups in total. The van der Waals surface area contributed by atoms with Crippen molar-refractivity contribution in [2.75, 3.05) is 14.2 Å². The Bertz CT molecular complexity index is 1420. The lowest BCUT2D eigenvalue weighted by Gasteiger charge is -2.12. The Kier molecular flexibility index (Phi) is 7.48. The van der Waals surface area contributed by atoms with Gasteiger partial charge in [0.15, 0.2) is 11.5 Å². The van der Waals surface area contributed by atoms with Gasteiger partial charge in [-0.1, -0.05) is 48.5 Å². The average molecular weight is 488 g/mol. The van der Waals surface area contributed by atoms with Crippen LogP contribution in [0.2, 0.25) is 0 Å². The van der Waals surface area contributed by atoms with Gasteiger partial charge in [0, 0.05) is 6.21 Å². The molecule has 0 fully saturated rings. The zero-order chi connectivity index (χ0) is 24.7. The van der Waals surface area contributed by atoms with Crippen LogP contribution in [-0.4, -0.2) is 28.9 Å². The van der Waals surface area contributed by atoms with Crippen molar-refractivity contribution in [3.8, 4) is 17.2 Å². The fraction of sp³-hybridized carbons (Fsp3) is 0.107. The molecule has 0 amide bonds. The summed E-state index contributed by atoms with van der Waals surface area (Å²) in [6, 6.07) is 28.2. The highest BCUT2D eigenvalue weighted by molar-refractivity contribution is 7.91. The zero-order valence-electron chi connectivity index (χ0n) is 19.4. The van der Waals surface area contributed by atoms with E-state index in [0.717, 1.165) is 11.1 Å². The fourth-order valence-electron chi connectivity index (χ4n) is 3.44. The summed E-state index contributed by atoms with van der Waals surface area (Å²) in [5.74, 6) is 1.64. The molecule has 0 atom stereocenters. The molecule has 0 aromatic heterocycles. The predicted octanol–water partition coefficient (Wildman–Crippen LogP) is 5.87. The Morgan fingerprint density at radius 2 is 1.37 bits per heavy atom. The topological polar surface area (TPSA) is 74.2 Å². The number of sulfone groups is 1. The number of rotatable bonds is 9. The van der Waals surface area contributed by atoms with Gasteiger partial charge in [-0.2, -0.15) is 0 Å². The molecule has 0 bridgehead atoms. The van der Waals surface area contributed by atoms with Crippen LogP contribution in [0.25, 0.3) is 0 Å². The van der Waals surface area contributed by atoms with E-state index in [0.29, 0.717) is 29.5 Å². The van der Waals surface area contributed by atoms with Crippen molar-refractivity contribution in [1.29, 1.82) is 0 Å². The highest BCUT2D eigenvalue weighted by Gasteiger charge is 2.19. The van der Waals surface area contributed by atoms with Crippen LogP contribution in [0.15, 0.2) is 112 Å². The summed E-state index contributed by atoms with van der Waals surface area (Å²) in [7, 11) is -0.583. The van der Waals surface area contributed by atoms with Gasteiger partial charge in [0.25, 0.3) is 0 Å². The largest absolute Gasteiger partial charge is 0.494 e. The van der Waals surface area contributed by atoms with Crippen molar-refractivity contribution < 1.29 is 22.6 Å². The van der Waals surface area contributed by atoms with Crippen molar-refractivity contribution in [2.45, 2.75) is 16.4 Å². The number of ether oxygens (including phenoxy) is 3. The first kappa shape index (κ1) is 24.0. The van der Waals surface area contributed by atoms with E-state index in [1.807, 2.05) is 42.5 Å². The minimum Gasteiger partial charge on any atom is -0.494 e. The Labute approximate surface area is 205 Å². The van der Waals surface area contributed by atoms with Gasteiger partial charge >= 0.3 is 0 Å². The van der Waals surface area contributed by atoms with E-state index in [1.54, 1.807) is 55.8 Å². The number of methoxy groups -OCH3 is 2. The van der Waals surface area contributed by atoms with E-state index in [4.69, 9.17) is 14.2 Å². The molecule has 0 heterocycles. The van der Waals surface area contributed by atoms with Crippen LogP contribution < -0.4 is 14.2 Å². The molecule has 0 saturated carbocycles. The minimum absolute atomic E-state index is 0.137. The first-order valence-electron chi connectivity index (χ1n) is 10.9. The molecule has 0 radical (unpaired) electrons. The molecule has 7 heteroatoms. The summed E-state index contributed by atoms with van der Waals surface area (Å²) in [6.45, 7) is 0.394. The van der Waals surface area contributed by atoms with Gasteiger partial charge in [0.1, 0.15) is 18.0 Å². The van der Waals surface area contributed by atoms with Crippen LogP contribution in [0.1, 0.15) is 11.1 Å². The van der Waals surface area contributed by atoms with Gasteiger partial charge in [-0.05, 0) is 59.7 Å². The van der Waals surface area contributed by atoms with Gasteiger partial charge in [0.2, 0.25) is 9.84 Å². The number of aliphatic imine (C=N–C) groups is 1. The highest BCUT2D eigenvalue weighted by Crippen LogP contribution is 2.33. The second-order valence-electron chi connectivity index (χ2n) is 7.59. The smallest absolute Gasteiger partial charge is 0.206 e. The standard InChI is InChI=1S/C28H25NO5S/c1-32-26-16-14-24(35(30,31)23-11-7-4-8-12-23)18-25(26)29-19-22-13-15-27(33-2)28(17-22)34-20-21-9-5-3-6-10-21/h3-19H,20H2,1-2H3. The van der Waals surface area contributed by atoms with Crippen molar-refractivity contribution in [1.82, 2.24) is 0 Å². The third kappa shape index (κ3) is 5.70. The summed E-state index contributed by atoms with van der Waals surface area (Å²) in [6.07, 6.45) is 1.63. The van der Waals surface area contributed by atoms with Crippen molar-refractivity contribution in [2.24, 2.45) is 4.99 Å². The third-order valence-electron chi connectivity index (χ3n) is 5.29. The number of nitrogens with zero attached hydrogens (tertiary/aromatic N) is 1. The average Bonchev–Trinajstić information content (AvgIpc) is 2.91. The summed E-state index contributed by atoms with van der Waals surface area (Å²) >= 11 is 0. The van der Waals surface area contributed by atoms with Crippen LogP contribution in [-0.2, 0) is 16.4 Å². The molecule has 0 saturated heterocycles. The number of hydrogen-bond donors (Lipinski definition) is 0. The van der Waals surface area contributed by atoms with Gasteiger partial charge in [-0.25, -0.2) is 8.42 Å². The Morgan fingerprint density at radius 3 is 2.06 bits per heavy atom. The maximum Gasteiger partial charge on any atom is 0.206 e. The van der Waals surface area contributed by atoms with Crippen molar-refractivity contribution in [3.05, 3.63) is 108 Å². The van der Waals surface area contributed by atoms with Crippen molar-refractivity contribution >= 4 is 21.7 Å². The van der Waals surface area contributed by atoms with E-state index in [2.05, 4.69) is 4.99 Å². The first-order valence-corrected chi connectivity index (χ1v) is 12.4. The molecular formula is C28H25NO5S. The lowest BCUT2D eigenvalue weighted by Crippen LogP contribution is -2.02. The van der Waals surface area contributed by atoms with Crippen molar-refractivity contribution in [3.63, 3.8) is 0 Å². The van der Waals surface area contributed by atoms with E-state index in [-0.39, 0.29) is 9.79 Å². The summed E-state index contributed by atoms with van der Waals surface area (Å²) < 4.78 is 42.9. The monoisotopic (exact) mass is 487 g/mol. The van der Waals surface area contributed by atoms with Crippen LogP contribution in [0.4, 0.5) is 5.69 Å². The van der Waals surface area contributed by atoms with Gasteiger partial charge < -0.3 is 14.2 Å². The highest BCUT2D eigenvalue weighted by atomic mass is 32.2. The maximum atomic E-state index is 13.0. The molecule has 6 nitrogen and oxygen atoms in total. The van der Waals surface area contributed by atoms with Gasteiger partial charge in [-0.15, -0.1) is 0 Å². The van der Waals surface area contributed by atoms with Crippen LogP contribution in [0.3, 0.4) is 0 Å². The molecular weight excluding hydrogens is 462 g/mol. The second-order valence-corrected chi connectivity index (χ2v) is 9.54. The molecule has 0 aliphatic heterocycles. The van der Waals surface area contributed by atoms with E-state index in [9.17, 15) is 8.42 Å². The molecule has 0 spiro atoms. The molecule has 35 heavy (non-hydrogen) atoms. The van der Waals surface area contributed by atoms with E-state index >= 15 is 0 Å². The van der Waals surface area contributed by atoms with Crippen LogP contribution in [0, 0.1) is 0 Å². The normalized spacial score (nSPS) is 11.4. The summed E-state index contributed by atoms with van der Waals surface area (Å²) in [5, 5.41) is 0. The fourth-order valence-corrected chi connectivity index (χ4v) is 4.74. The molecule has 4 rings (SSSR count).